The Hall–Kier alpha value is -2.17. The predicted molar refractivity (Wildman–Crippen MR) is 57.2 cm³/mol. The van der Waals surface area contributed by atoms with E-state index >= 15 is 0 Å². The number of hydrogen-bond donors (Lipinski definition) is 2. The fraction of sp³-hybridized carbons (Fsp3) is 0.100. The number of nitrogens with zero attached hydrogens (tertiary/aromatic N) is 2. The molecule has 1 aromatic carbocycles. The van der Waals surface area contributed by atoms with Crippen molar-refractivity contribution in [1.29, 1.82) is 0 Å². The number of aromatic nitrogens is 2. The summed E-state index contributed by atoms with van der Waals surface area (Å²) in [5.41, 5.74) is 11.8. The molecule has 1 amide bonds. The van der Waals surface area contributed by atoms with Crippen molar-refractivity contribution in [3.05, 3.63) is 29.6 Å². The summed E-state index contributed by atoms with van der Waals surface area (Å²) < 4.78 is 0. The van der Waals surface area contributed by atoms with Gasteiger partial charge in [0.2, 0.25) is 0 Å². The standard InChI is InChI=1S/C10H10N4O/c1-5-13-8-6(9(11)14-5)3-2-4-7(8)10(12)15/h2-4H,1H3,(H2,12,15)(H2,11,13,14). The van der Waals surface area contributed by atoms with Crippen LogP contribution in [-0.2, 0) is 0 Å². The number of rotatable bonds is 1. The van der Waals surface area contributed by atoms with Gasteiger partial charge in [-0.3, -0.25) is 4.79 Å². The summed E-state index contributed by atoms with van der Waals surface area (Å²) in [6, 6.07) is 5.09. The first kappa shape index (κ1) is 9.39. The van der Waals surface area contributed by atoms with Crippen LogP contribution >= 0.6 is 0 Å². The maximum Gasteiger partial charge on any atom is 0.250 e. The highest BCUT2D eigenvalue weighted by Gasteiger charge is 2.10. The van der Waals surface area contributed by atoms with E-state index in [4.69, 9.17) is 11.5 Å². The van der Waals surface area contributed by atoms with E-state index in [0.29, 0.717) is 28.1 Å². The number of para-hydroxylation sites is 1. The lowest BCUT2D eigenvalue weighted by Gasteiger charge is -2.05. The van der Waals surface area contributed by atoms with Crippen LogP contribution in [0.5, 0.6) is 0 Å². The van der Waals surface area contributed by atoms with Gasteiger partial charge in [0.1, 0.15) is 11.6 Å². The molecule has 2 rings (SSSR count). The number of nitrogens with two attached hydrogens (primary N) is 2. The molecule has 0 aliphatic rings. The van der Waals surface area contributed by atoms with E-state index in [1.54, 1.807) is 25.1 Å². The molecule has 0 spiro atoms. The van der Waals surface area contributed by atoms with Crippen LogP contribution in [-0.4, -0.2) is 15.9 Å². The first-order chi connectivity index (χ1) is 7.09. The van der Waals surface area contributed by atoms with Gasteiger partial charge in [-0.05, 0) is 19.1 Å². The topological polar surface area (TPSA) is 94.9 Å². The van der Waals surface area contributed by atoms with Gasteiger partial charge in [0.25, 0.3) is 5.91 Å². The van der Waals surface area contributed by atoms with Crippen molar-refractivity contribution in [3.8, 4) is 0 Å². The Balaban J connectivity index is 2.91. The zero-order chi connectivity index (χ0) is 11.0. The van der Waals surface area contributed by atoms with Gasteiger partial charge in [0.15, 0.2) is 0 Å². The SMILES string of the molecule is Cc1nc(N)c2cccc(C(N)=O)c2n1. The molecule has 1 heterocycles. The highest BCUT2D eigenvalue weighted by atomic mass is 16.1. The molecule has 0 aliphatic heterocycles. The van der Waals surface area contributed by atoms with Gasteiger partial charge >= 0.3 is 0 Å². The van der Waals surface area contributed by atoms with Crippen LogP contribution in [0.3, 0.4) is 0 Å². The summed E-state index contributed by atoms with van der Waals surface area (Å²) >= 11 is 0. The van der Waals surface area contributed by atoms with Crippen molar-refractivity contribution >= 4 is 22.6 Å². The number of hydrogen-bond acceptors (Lipinski definition) is 4. The highest BCUT2D eigenvalue weighted by molar-refractivity contribution is 6.06. The Labute approximate surface area is 86.1 Å². The molecular formula is C10H10N4O. The average Bonchev–Trinajstić information content (AvgIpc) is 2.16. The van der Waals surface area contributed by atoms with E-state index in [1.165, 1.54) is 0 Å². The number of anilines is 1. The van der Waals surface area contributed by atoms with Crippen LogP contribution < -0.4 is 11.5 Å². The van der Waals surface area contributed by atoms with Crippen molar-refractivity contribution in [2.24, 2.45) is 5.73 Å². The van der Waals surface area contributed by atoms with Gasteiger partial charge < -0.3 is 11.5 Å². The van der Waals surface area contributed by atoms with Crippen molar-refractivity contribution in [2.75, 3.05) is 5.73 Å². The third-order valence-electron chi connectivity index (χ3n) is 2.13. The Morgan fingerprint density at radius 1 is 1.33 bits per heavy atom. The fourth-order valence-corrected chi connectivity index (χ4v) is 1.49. The van der Waals surface area contributed by atoms with Crippen LogP contribution in [0.1, 0.15) is 16.2 Å². The number of fused-ring (bicyclic) bond motifs is 1. The van der Waals surface area contributed by atoms with Crippen molar-refractivity contribution in [1.82, 2.24) is 9.97 Å². The molecule has 5 heteroatoms. The quantitative estimate of drug-likeness (QED) is 0.708. The molecule has 2 aromatic rings. The molecule has 0 saturated carbocycles. The summed E-state index contributed by atoms with van der Waals surface area (Å²) in [5.74, 6) is 0.368. The second kappa shape index (κ2) is 3.20. The third kappa shape index (κ3) is 1.48. The number of aryl methyl sites for hydroxylation is 1. The Morgan fingerprint density at radius 2 is 2.07 bits per heavy atom. The van der Waals surface area contributed by atoms with Crippen molar-refractivity contribution < 1.29 is 4.79 Å². The Kier molecular flexibility index (Phi) is 2.00. The summed E-state index contributed by atoms with van der Waals surface area (Å²) in [7, 11) is 0. The minimum atomic E-state index is -0.516. The zero-order valence-corrected chi connectivity index (χ0v) is 8.19. The predicted octanol–water partition coefficient (Wildman–Crippen LogP) is 0.619. The van der Waals surface area contributed by atoms with Gasteiger partial charge in [-0.15, -0.1) is 0 Å². The van der Waals surface area contributed by atoms with Crippen LogP contribution in [0.15, 0.2) is 18.2 Å². The molecule has 0 atom stereocenters. The van der Waals surface area contributed by atoms with Gasteiger partial charge in [-0.1, -0.05) is 6.07 Å². The number of carbonyl (C=O) groups excluding carboxylic acids is 1. The molecule has 0 fully saturated rings. The molecule has 4 N–H and O–H groups in total. The van der Waals surface area contributed by atoms with Gasteiger partial charge in [-0.25, -0.2) is 9.97 Å². The molecule has 0 bridgehead atoms. The van der Waals surface area contributed by atoms with E-state index in [9.17, 15) is 4.79 Å². The number of carbonyl (C=O) groups is 1. The van der Waals surface area contributed by atoms with E-state index < -0.39 is 5.91 Å². The number of amides is 1. The lowest BCUT2D eigenvalue weighted by Crippen LogP contribution is -2.12. The summed E-state index contributed by atoms with van der Waals surface area (Å²) in [4.78, 5) is 19.3. The van der Waals surface area contributed by atoms with E-state index in [1.807, 2.05) is 0 Å². The maximum absolute atomic E-state index is 11.2. The zero-order valence-electron chi connectivity index (χ0n) is 8.19. The summed E-state index contributed by atoms with van der Waals surface area (Å²) in [6.45, 7) is 1.72. The number of primary amides is 1. The van der Waals surface area contributed by atoms with Gasteiger partial charge in [-0.2, -0.15) is 0 Å². The molecular weight excluding hydrogens is 192 g/mol. The van der Waals surface area contributed by atoms with Crippen LogP contribution in [0.25, 0.3) is 10.9 Å². The maximum atomic E-state index is 11.2. The molecule has 5 nitrogen and oxygen atoms in total. The average molecular weight is 202 g/mol. The molecule has 15 heavy (non-hydrogen) atoms. The summed E-state index contributed by atoms with van der Waals surface area (Å²) in [6.07, 6.45) is 0. The smallest absolute Gasteiger partial charge is 0.250 e. The third-order valence-corrected chi connectivity index (χ3v) is 2.13. The second-order valence-electron chi connectivity index (χ2n) is 3.22. The largest absolute Gasteiger partial charge is 0.383 e. The Morgan fingerprint density at radius 3 is 2.73 bits per heavy atom. The molecule has 0 saturated heterocycles. The molecule has 1 aromatic heterocycles. The van der Waals surface area contributed by atoms with E-state index in [0.717, 1.165) is 0 Å². The van der Waals surface area contributed by atoms with E-state index in [2.05, 4.69) is 9.97 Å². The lowest BCUT2D eigenvalue weighted by atomic mass is 10.1. The molecule has 0 unspecified atom stereocenters. The van der Waals surface area contributed by atoms with Gasteiger partial charge in [0.05, 0.1) is 11.1 Å². The van der Waals surface area contributed by atoms with Crippen LogP contribution in [0.2, 0.25) is 0 Å². The van der Waals surface area contributed by atoms with Crippen molar-refractivity contribution in [3.63, 3.8) is 0 Å². The fourth-order valence-electron chi connectivity index (χ4n) is 1.49. The number of nitrogen functional groups attached to an aromatic ring is 1. The number of benzene rings is 1. The summed E-state index contributed by atoms with van der Waals surface area (Å²) in [5, 5.41) is 0.650. The van der Waals surface area contributed by atoms with Crippen molar-refractivity contribution in [2.45, 2.75) is 6.92 Å². The molecule has 0 radical (unpaired) electrons. The van der Waals surface area contributed by atoms with Crippen LogP contribution in [0, 0.1) is 6.92 Å². The monoisotopic (exact) mass is 202 g/mol. The lowest BCUT2D eigenvalue weighted by molar-refractivity contribution is 0.100. The molecule has 76 valence electrons. The second-order valence-corrected chi connectivity index (χ2v) is 3.22. The highest BCUT2D eigenvalue weighted by Crippen LogP contribution is 2.20. The first-order valence-corrected chi connectivity index (χ1v) is 4.42. The normalized spacial score (nSPS) is 10.5. The minimum Gasteiger partial charge on any atom is -0.383 e. The van der Waals surface area contributed by atoms with Crippen LogP contribution in [0.4, 0.5) is 5.82 Å². The minimum absolute atomic E-state index is 0.362. The van der Waals surface area contributed by atoms with E-state index in [-0.39, 0.29) is 0 Å². The first-order valence-electron chi connectivity index (χ1n) is 4.42. The Bertz CT molecular complexity index is 550. The molecule has 0 aliphatic carbocycles. The van der Waals surface area contributed by atoms with Gasteiger partial charge in [0, 0.05) is 5.39 Å².